The lowest BCUT2D eigenvalue weighted by Gasteiger charge is -2.20. The Labute approximate surface area is 226 Å². The van der Waals surface area contributed by atoms with Gasteiger partial charge in [-0.1, -0.05) is 45.4 Å². The number of aromatic hydroxyl groups is 2. The van der Waals surface area contributed by atoms with E-state index < -0.39 is 17.9 Å². The van der Waals surface area contributed by atoms with Gasteiger partial charge in [-0.3, -0.25) is 9.59 Å². The van der Waals surface area contributed by atoms with Crippen LogP contribution in [-0.2, 0) is 25.5 Å². The molecule has 0 amide bonds. The van der Waals surface area contributed by atoms with Gasteiger partial charge in [-0.05, 0) is 45.8 Å². The highest BCUT2D eigenvalue weighted by molar-refractivity contribution is 7.99. The molecule has 2 N–H and O–H groups in total. The van der Waals surface area contributed by atoms with Gasteiger partial charge in [0.2, 0.25) is 11.5 Å². The molecule has 0 spiro atoms. The Morgan fingerprint density at radius 3 is 1.73 bits per heavy atom. The van der Waals surface area contributed by atoms with Crippen molar-refractivity contribution in [3.05, 3.63) is 11.1 Å². The second-order valence-electron chi connectivity index (χ2n) is 9.00. The van der Waals surface area contributed by atoms with E-state index in [4.69, 9.17) is 18.9 Å². The van der Waals surface area contributed by atoms with Crippen molar-refractivity contribution in [2.24, 2.45) is 5.92 Å². The van der Waals surface area contributed by atoms with Gasteiger partial charge in [0, 0.05) is 16.4 Å². The van der Waals surface area contributed by atoms with Crippen LogP contribution in [0, 0.1) is 12.8 Å². The smallest absolute Gasteiger partial charge is 0.321 e. The van der Waals surface area contributed by atoms with Gasteiger partial charge in [-0.15, -0.1) is 0 Å². The van der Waals surface area contributed by atoms with Crippen molar-refractivity contribution in [1.29, 1.82) is 0 Å². The van der Waals surface area contributed by atoms with Crippen molar-refractivity contribution in [3.8, 4) is 23.0 Å². The average molecular weight is 543 g/mol. The fourth-order valence-corrected chi connectivity index (χ4v) is 5.46. The summed E-state index contributed by atoms with van der Waals surface area (Å²) >= 11 is 1.62. The van der Waals surface area contributed by atoms with Crippen LogP contribution in [-0.4, -0.2) is 60.6 Å². The number of esters is 2. The number of ether oxygens (including phenoxy) is 4. The summed E-state index contributed by atoms with van der Waals surface area (Å²) in [6.45, 7) is 7.61. The third kappa shape index (κ3) is 10.2. The monoisotopic (exact) mass is 542 g/mol. The number of carbonyl (C=O) groups is 2. The van der Waals surface area contributed by atoms with Gasteiger partial charge < -0.3 is 29.2 Å². The van der Waals surface area contributed by atoms with Crippen LogP contribution in [0.5, 0.6) is 23.0 Å². The second-order valence-corrected chi connectivity index (χ2v) is 10.5. The van der Waals surface area contributed by atoms with Gasteiger partial charge in [-0.2, -0.15) is 11.8 Å². The van der Waals surface area contributed by atoms with Crippen molar-refractivity contribution in [2.45, 2.75) is 90.7 Å². The molecule has 1 aromatic carbocycles. The van der Waals surface area contributed by atoms with Gasteiger partial charge in [-0.25, -0.2) is 0 Å². The van der Waals surface area contributed by atoms with Gasteiger partial charge >= 0.3 is 11.9 Å². The van der Waals surface area contributed by atoms with E-state index in [9.17, 15) is 19.8 Å². The molecule has 0 aliphatic heterocycles. The fourth-order valence-electron chi connectivity index (χ4n) is 4.30. The molecule has 9 heteroatoms. The normalized spacial score (nSPS) is 11.9. The second kappa shape index (κ2) is 18.0. The Hall–Kier alpha value is -2.29. The van der Waals surface area contributed by atoms with Crippen LogP contribution in [0.1, 0.15) is 83.3 Å². The van der Waals surface area contributed by atoms with E-state index in [1.807, 2.05) is 6.92 Å². The van der Waals surface area contributed by atoms with Crippen LogP contribution >= 0.6 is 11.8 Å². The minimum atomic E-state index is -0.876. The first-order chi connectivity index (χ1) is 17.7. The molecule has 1 aromatic rings. The zero-order valence-electron chi connectivity index (χ0n) is 23.4. The summed E-state index contributed by atoms with van der Waals surface area (Å²) < 4.78 is 20.5. The fraction of sp³-hybridized carbons (Fsp3) is 0.714. The number of carbonyl (C=O) groups excluding carboxylic acids is 2. The maximum Gasteiger partial charge on any atom is 0.321 e. The zero-order chi connectivity index (χ0) is 27.8. The molecule has 0 heterocycles. The standard InChI is InChI=1S/C28H46O8S/c1-7-35-27(31)22(28(32)36-8-2)20(4)37-18-16-14-12-10-9-11-13-15-17-21-19(3)23(29)25(33-5)26(34-6)24(21)30/h20,22,29-30H,7-18H2,1-6H3. The summed E-state index contributed by atoms with van der Waals surface area (Å²) in [7, 11) is 2.88. The van der Waals surface area contributed by atoms with Gasteiger partial charge in [0.1, 0.15) is 0 Å². The third-order valence-corrected chi connectivity index (χ3v) is 7.71. The first-order valence-electron chi connectivity index (χ1n) is 13.3. The molecule has 0 saturated carbocycles. The minimum Gasteiger partial charge on any atom is -0.504 e. The molecule has 8 nitrogen and oxygen atoms in total. The summed E-state index contributed by atoms with van der Waals surface area (Å²) in [5, 5.41) is 20.7. The quantitative estimate of drug-likeness (QED) is 0.0947. The maximum atomic E-state index is 12.2. The summed E-state index contributed by atoms with van der Waals surface area (Å²) in [6.07, 6.45) is 9.36. The van der Waals surface area contributed by atoms with Crippen molar-refractivity contribution < 1.29 is 38.7 Å². The minimum absolute atomic E-state index is 0.0111. The largest absolute Gasteiger partial charge is 0.504 e. The van der Waals surface area contributed by atoms with Crippen molar-refractivity contribution in [2.75, 3.05) is 33.2 Å². The maximum absolute atomic E-state index is 12.2. The molecular weight excluding hydrogens is 496 g/mol. The topological polar surface area (TPSA) is 112 Å². The molecule has 37 heavy (non-hydrogen) atoms. The van der Waals surface area contributed by atoms with Gasteiger partial charge in [0.05, 0.1) is 27.4 Å². The van der Waals surface area contributed by atoms with Gasteiger partial charge in [0.25, 0.3) is 0 Å². The van der Waals surface area contributed by atoms with Gasteiger partial charge in [0.15, 0.2) is 17.4 Å². The lowest BCUT2D eigenvalue weighted by atomic mass is 9.98. The molecule has 212 valence electrons. The van der Waals surface area contributed by atoms with Crippen LogP contribution in [0.2, 0.25) is 0 Å². The predicted octanol–water partition coefficient (Wildman–Crippen LogP) is 5.95. The molecule has 0 radical (unpaired) electrons. The molecule has 1 atom stereocenters. The van der Waals surface area contributed by atoms with E-state index in [-0.39, 0.29) is 41.5 Å². The van der Waals surface area contributed by atoms with Crippen LogP contribution in [0.4, 0.5) is 0 Å². The Bertz CT molecular complexity index is 824. The highest BCUT2D eigenvalue weighted by Gasteiger charge is 2.35. The van der Waals surface area contributed by atoms with E-state index in [1.54, 1.807) is 32.5 Å². The van der Waals surface area contributed by atoms with E-state index >= 15 is 0 Å². The molecule has 0 fully saturated rings. The summed E-state index contributed by atoms with van der Waals surface area (Å²) in [4.78, 5) is 24.4. The Morgan fingerprint density at radius 2 is 1.24 bits per heavy atom. The number of thioether (sulfide) groups is 1. The van der Waals surface area contributed by atoms with Crippen molar-refractivity contribution >= 4 is 23.7 Å². The number of hydrogen-bond donors (Lipinski definition) is 2. The number of benzene rings is 1. The van der Waals surface area contributed by atoms with Crippen molar-refractivity contribution in [1.82, 2.24) is 0 Å². The molecular formula is C28H46O8S. The Balaban J connectivity index is 2.27. The SMILES string of the molecule is CCOC(=O)C(C(=O)OCC)C(C)SCCCCCCCCCCc1c(C)c(O)c(OC)c(OC)c1O. The summed E-state index contributed by atoms with van der Waals surface area (Å²) in [5.41, 5.74) is 1.33. The van der Waals surface area contributed by atoms with E-state index in [0.29, 0.717) is 17.5 Å². The predicted molar refractivity (Wildman–Crippen MR) is 147 cm³/mol. The number of phenols is 2. The lowest BCUT2D eigenvalue weighted by molar-refractivity contribution is -0.161. The Kier molecular flexibility index (Phi) is 16.0. The van der Waals surface area contributed by atoms with Crippen LogP contribution in [0.25, 0.3) is 0 Å². The van der Waals surface area contributed by atoms with Crippen LogP contribution < -0.4 is 9.47 Å². The van der Waals surface area contributed by atoms with E-state index in [0.717, 1.165) is 57.1 Å². The van der Waals surface area contributed by atoms with Crippen LogP contribution in [0.3, 0.4) is 0 Å². The molecule has 1 unspecified atom stereocenters. The molecule has 1 rings (SSSR count). The summed E-state index contributed by atoms with van der Waals surface area (Å²) in [5.74, 6) is -0.619. The van der Waals surface area contributed by atoms with Crippen molar-refractivity contribution in [3.63, 3.8) is 0 Å². The molecule has 0 bridgehead atoms. The van der Waals surface area contributed by atoms with E-state index in [2.05, 4.69) is 0 Å². The Morgan fingerprint density at radius 1 is 0.784 bits per heavy atom. The molecule has 0 aromatic heterocycles. The third-order valence-electron chi connectivity index (χ3n) is 6.39. The number of methoxy groups -OCH3 is 2. The molecule has 0 saturated heterocycles. The lowest BCUT2D eigenvalue weighted by Crippen LogP contribution is -2.35. The zero-order valence-corrected chi connectivity index (χ0v) is 24.2. The number of rotatable bonds is 19. The summed E-state index contributed by atoms with van der Waals surface area (Å²) in [6, 6.07) is 0. The number of phenolic OH excluding ortho intramolecular Hbond substituents is 2. The van der Waals surface area contributed by atoms with E-state index in [1.165, 1.54) is 14.2 Å². The average Bonchev–Trinajstić information content (AvgIpc) is 2.86. The highest BCUT2D eigenvalue weighted by atomic mass is 32.2. The first kappa shape index (κ1) is 32.7. The first-order valence-corrected chi connectivity index (χ1v) is 14.4. The molecule has 0 aliphatic carbocycles. The number of unbranched alkanes of at least 4 members (excludes halogenated alkanes) is 7. The highest BCUT2D eigenvalue weighted by Crippen LogP contribution is 2.48. The molecule has 0 aliphatic rings. The van der Waals surface area contributed by atoms with Crippen LogP contribution in [0.15, 0.2) is 0 Å². The number of hydrogen-bond acceptors (Lipinski definition) is 9.